The number of halogens is 1. The van der Waals surface area contributed by atoms with Crippen molar-refractivity contribution in [1.29, 1.82) is 0 Å². The summed E-state index contributed by atoms with van der Waals surface area (Å²) in [5.74, 6) is -0.659. The van der Waals surface area contributed by atoms with E-state index in [0.717, 1.165) is 38.4 Å². The third-order valence-corrected chi connectivity index (χ3v) is 4.70. The van der Waals surface area contributed by atoms with E-state index in [1.807, 2.05) is 31.2 Å². The number of hydrogen-bond acceptors (Lipinski definition) is 3. The lowest BCUT2D eigenvalue weighted by molar-refractivity contribution is -0.909. The van der Waals surface area contributed by atoms with Gasteiger partial charge in [-0.15, -0.1) is 0 Å². The third-order valence-electron chi connectivity index (χ3n) is 4.70. The number of hydrogen-bond donors (Lipinski definition) is 2. The standard InChI is InChI=1S/C21H25FN2O3/c1-16-6-8-17(9-7-16)19(14-24-10-12-26-13-11-24)23-21(25)15-27-20-5-3-2-4-18(20)22/h2-9,19H,10-15H2,1H3,(H,23,25)/p+1/t19-/m0/s1. The van der Waals surface area contributed by atoms with Crippen molar-refractivity contribution in [3.05, 3.63) is 65.5 Å². The molecule has 0 spiro atoms. The SMILES string of the molecule is Cc1ccc([C@H](C[NH+]2CCOCC2)NC(=O)COc2ccccc2F)cc1. The van der Waals surface area contributed by atoms with Crippen LogP contribution in [0.2, 0.25) is 0 Å². The maximum atomic E-state index is 13.6. The van der Waals surface area contributed by atoms with E-state index in [9.17, 15) is 9.18 Å². The van der Waals surface area contributed by atoms with Gasteiger partial charge in [0.15, 0.2) is 18.2 Å². The molecule has 2 N–H and O–H groups in total. The number of quaternary nitrogens is 1. The lowest BCUT2D eigenvalue weighted by Crippen LogP contribution is -3.14. The fourth-order valence-corrected chi connectivity index (χ4v) is 3.14. The van der Waals surface area contributed by atoms with Crippen molar-refractivity contribution in [2.45, 2.75) is 13.0 Å². The van der Waals surface area contributed by atoms with Gasteiger partial charge in [0.25, 0.3) is 5.91 Å². The topological polar surface area (TPSA) is 52.0 Å². The van der Waals surface area contributed by atoms with Crippen molar-refractivity contribution in [2.24, 2.45) is 0 Å². The number of aryl methyl sites for hydroxylation is 1. The number of benzene rings is 2. The summed E-state index contributed by atoms with van der Waals surface area (Å²) in [5, 5.41) is 3.04. The molecule has 1 heterocycles. The molecular weight excluding hydrogens is 347 g/mol. The summed E-state index contributed by atoms with van der Waals surface area (Å²) in [7, 11) is 0. The van der Waals surface area contributed by atoms with Gasteiger partial charge < -0.3 is 19.7 Å². The predicted molar refractivity (Wildman–Crippen MR) is 100 cm³/mol. The lowest BCUT2D eigenvalue weighted by Gasteiger charge is -2.28. The fourth-order valence-electron chi connectivity index (χ4n) is 3.14. The van der Waals surface area contributed by atoms with E-state index < -0.39 is 5.82 Å². The summed E-state index contributed by atoms with van der Waals surface area (Å²) in [6.07, 6.45) is 0. The van der Waals surface area contributed by atoms with Crippen LogP contribution in [0.25, 0.3) is 0 Å². The second-order valence-electron chi connectivity index (χ2n) is 6.82. The molecule has 144 valence electrons. The number of amides is 1. The number of rotatable bonds is 7. The Hall–Kier alpha value is -2.44. The van der Waals surface area contributed by atoms with Gasteiger partial charge in [0.2, 0.25) is 0 Å². The Bertz CT molecular complexity index is 745. The minimum Gasteiger partial charge on any atom is -0.481 e. The molecule has 1 atom stereocenters. The van der Waals surface area contributed by atoms with Gasteiger partial charge >= 0.3 is 0 Å². The molecule has 0 aliphatic carbocycles. The molecule has 5 nitrogen and oxygen atoms in total. The van der Waals surface area contributed by atoms with Crippen LogP contribution in [0.1, 0.15) is 17.2 Å². The van der Waals surface area contributed by atoms with Crippen molar-refractivity contribution >= 4 is 5.91 Å². The Morgan fingerprint density at radius 3 is 2.59 bits per heavy atom. The molecule has 6 heteroatoms. The number of nitrogens with one attached hydrogen (secondary N) is 2. The van der Waals surface area contributed by atoms with Gasteiger partial charge in [-0.2, -0.15) is 0 Å². The Labute approximate surface area is 159 Å². The molecule has 3 rings (SSSR count). The molecule has 2 aromatic rings. The zero-order valence-electron chi connectivity index (χ0n) is 15.5. The smallest absolute Gasteiger partial charge is 0.258 e. The second kappa shape index (κ2) is 9.48. The zero-order valence-corrected chi connectivity index (χ0v) is 15.5. The van der Waals surface area contributed by atoms with Crippen molar-refractivity contribution in [3.63, 3.8) is 0 Å². The molecule has 2 aromatic carbocycles. The average molecular weight is 373 g/mol. The Kier molecular flexibility index (Phi) is 6.79. The summed E-state index contributed by atoms with van der Waals surface area (Å²) < 4.78 is 24.4. The van der Waals surface area contributed by atoms with Gasteiger partial charge in [-0.1, -0.05) is 42.0 Å². The first-order valence-electron chi connectivity index (χ1n) is 9.26. The maximum Gasteiger partial charge on any atom is 0.258 e. The molecule has 1 amide bonds. The molecule has 0 bridgehead atoms. The highest BCUT2D eigenvalue weighted by Gasteiger charge is 2.23. The summed E-state index contributed by atoms with van der Waals surface area (Å²) in [4.78, 5) is 13.8. The number of ether oxygens (including phenoxy) is 2. The summed E-state index contributed by atoms with van der Waals surface area (Å²) in [6.45, 7) is 5.90. The van der Waals surface area contributed by atoms with Gasteiger partial charge in [-0.05, 0) is 24.6 Å². The van der Waals surface area contributed by atoms with Crippen molar-refractivity contribution in [1.82, 2.24) is 5.32 Å². The molecule has 1 fully saturated rings. The quantitative estimate of drug-likeness (QED) is 0.769. The van der Waals surface area contributed by atoms with Gasteiger partial charge in [0.1, 0.15) is 25.7 Å². The maximum absolute atomic E-state index is 13.6. The molecule has 1 saturated heterocycles. The van der Waals surface area contributed by atoms with Gasteiger partial charge in [-0.25, -0.2) is 4.39 Å². The summed E-state index contributed by atoms with van der Waals surface area (Å²) in [6, 6.07) is 14.1. The highest BCUT2D eigenvalue weighted by molar-refractivity contribution is 5.78. The van der Waals surface area contributed by atoms with Crippen LogP contribution in [0.3, 0.4) is 0 Å². The number of carbonyl (C=O) groups excluding carboxylic acids is 1. The Morgan fingerprint density at radius 2 is 1.89 bits per heavy atom. The minimum absolute atomic E-state index is 0.0818. The first-order chi connectivity index (χ1) is 13.1. The fraction of sp³-hybridized carbons (Fsp3) is 0.381. The molecule has 0 saturated carbocycles. The van der Waals surface area contributed by atoms with Gasteiger partial charge in [0.05, 0.1) is 13.2 Å². The van der Waals surface area contributed by atoms with E-state index in [1.54, 1.807) is 12.1 Å². The first-order valence-corrected chi connectivity index (χ1v) is 9.26. The monoisotopic (exact) mass is 373 g/mol. The highest BCUT2D eigenvalue weighted by Crippen LogP contribution is 2.16. The van der Waals surface area contributed by atoms with E-state index in [1.165, 1.54) is 22.6 Å². The zero-order chi connectivity index (χ0) is 19.1. The molecule has 0 aromatic heterocycles. The largest absolute Gasteiger partial charge is 0.481 e. The Morgan fingerprint density at radius 1 is 1.19 bits per heavy atom. The molecular formula is C21H26FN2O3+. The van der Waals surface area contributed by atoms with Crippen LogP contribution in [-0.2, 0) is 9.53 Å². The van der Waals surface area contributed by atoms with Crippen LogP contribution >= 0.6 is 0 Å². The minimum atomic E-state index is -0.474. The first kappa shape index (κ1) is 19.3. The predicted octanol–water partition coefficient (Wildman–Crippen LogP) is 1.29. The Balaban J connectivity index is 1.63. The summed E-state index contributed by atoms with van der Waals surface area (Å²) >= 11 is 0. The van der Waals surface area contributed by atoms with Crippen LogP contribution in [-0.4, -0.2) is 45.4 Å². The van der Waals surface area contributed by atoms with E-state index in [4.69, 9.17) is 9.47 Å². The van der Waals surface area contributed by atoms with Gasteiger partial charge in [0, 0.05) is 0 Å². The van der Waals surface area contributed by atoms with Crippen molar-refractivity contribution < 1.29 is 23.6 Å². The van der Waals surface area contributed by atoms with Crippen molar-refractivity contribution in [2.75, 3.05) is 39.5 Å². The van der Waals surface area contributed by atoms with E-state index in [0.29, 0.717) is 0 Å². The number of para-hydroxylation sites is 1. The van der Waals surface area contributed by atoms with Crippen LogP contribution < -0.4 is 15.0 Å². The van der Waals surface area contributed by atoms with Crippen LogP contribution in [0.5, 0.6) is 5.75 Å². The van der Waals surface area contributed by atoms with Crippen LogP contribution in [0.15, 0.2) is 48.5 Å². The van der Waals surface area contributed by atoms with Gasteiger partial charge in [-0.3, -0.25) is 4.79 Å². The van der Waals surface area contributed by atoms with E-state index in [2.05, 4.69) is 5.32 Å². The number of morpholine rings is 1. The third kappa shape index (κ3) is 5.77. The molecule has 1 aliphatic heterocycles. The molecule has 0 unspecified atom stereocenters. The molecule has 0 radical (unpaired) electrons. The molecule has 27 heavy (non-hydrogen) atoms. The average Bonchev–Trinajstić information content (AvgIpc) is 2.68. The lowest BCUT2D eigenvalue weighted by atomic mass is 10.0. The highest BCUT2D eigenvalue weighted by atomic mass is 19.1. The number of carbonyl (C=O) groups is 1. The normalized spacial score (nSPS) is 15.9. The van der Waals surface area contributed by atoms with Crippen molar-refractivity contribution in [3.8, 4) is 5.75 Å². The molecule has 1 aliphatic rings. The second-order valence-corrected chi connectivity index (χ2v) is 6.82. The van der Waals surface area contributed by atoms with E-state index >= 15 is 0 Å². The van der Waals surface area contributed by atoms with Crippen LogP contribution in [0, 0.1) is 12.7 Å². The summed E-state index contributed by atoms with van der Waals surface area (Å²) in [5.41, 5.74) is 2.23. The van der Waals surface area contributed by atoms with E-state index in [-0.39, 0.29) is 24.3 Å². The van der Waals surface area contributed by atoms with Crippen LogP contribution in [0.4, 0.5) is 4.39 Å².